The third-order valence-corrected chi connectivity index (χ3v) is 5.30. The third-order valence-electron chi connectivity index (χ3n) is 5.30. The van der Waals surface area contributed by atoms with Gasteiger partial charge >= 0.3 is 0 Å². The Kier molecular flexibility index (Phi) is 6.82. The highest BCUT2D eigenvalue weighted by atomic mass is 16.5. The highest BCUT2D eigenvalue weighted by molar-refractivity contribution is 6.46. The quantitative estimate of drug-likeness (QED) is 0.460. The number of imide groups is 1. The number of para-hydroxylation sites is 2. The SMILES string of the molecule is CCOc1ccc(NC2=C(c3ccc(OC)cc3)C(=O)N(c3ccccc3OCC)C2=O)cc1. The van der Waals surface area contributed by atoms with Crippen molar-refractivity contribution in [3.05, 3.63) is 84.1 Å². The molecule has 4 rings (SSSR count). The minimum atomic E-state index is -0.461. The summed E-state index contributed by atoms with van der Waals surface area (Å²) in [5.41, 5.74) is 2.11. The number of amides is 2. The fourth-order valence-electron chi connectivity index (χ4n) is 3.75. The first-order valence-electron chi connectivity index (χ1n) is 11.1. The van der Waals surface area contributed by atoms with Crippen molar-refractivity contribution >= 4 is 28.8 Å². The lowest BCUT2D eigenvalue weighted by molar-refractivity contribution is -0.120. The van der Waals surface area contributed by atoms with Gasteiger partial charge in [0.25, 0.3) is 11.8 Å². The molecule has 2 amide bonds. The Morgan fingerprint density at radius 2 is 1.41 bits per heavy atom. The summed E-state index contributed by atoms with van der Waals surface area (Å²) in [6.45, 7) is 4.73. The summed E-state index contributed by atoms with van der Waals surface area (Å²) in [6.07, 6.45) is 0. The summed E-state index contributed by atoms with van der Waals surface area (Å²) >= 11 is 0. The molecular formula is C27H26N2O5. The average Bonchev–Trinajstić information content (AvgIpc) is 3.10. The lowest BCUT2D eigenvalue weighted by Crippen LogP contribution is -2.32. The van der Waals surface area contributed by atoms with Gasteiger partial charge in [-0.1, -0.05) is 24.3 Å². The smallest absolute Gasteiger partial charge is 0.282 e. The van der Waals surface area contributed by atoms with Crippen LogP contribution in [0.3, 0.4) is 0 Å². The largest absolute Gasteiger partial charge is 0.497 e. The molecule has 0 atom stereocenters. The van der Waals surface area contributed by atoms with Gasteiger partial charge in [0.2, 0.25) is 0 Å². The first kappa shape index (κ1) is 22.9. The van der Waals surface area contributed by atoms with E-state index in [1.54, 1.807) is 67.8 Å². The molecule has 0 bridgehead atoms. The number of anilines is 2. The summed E-state index contributed by atoms with van der Waals surface area (Å²) < 4.78 is 16.4. The normalized spacial score (nSPS) is 13.3. The van der Waals surface area contributed by atoms with E-state index < -0.39 is 11.8 Å². The molecule has 7 nitrogen and oxygen atoms in total. The lowest BCUT2D eigenvalue weighted by atomic mass is 10.0. The molecule has 3 aromatic rings. The van der Waals surface area contributed by atoms with E-state index in [2.05, 4.69) is 5.32 Å². The number of methoxy groups -OCH3 is 1. The fourth-order valence-corrected chi connectivity index (χ4v) is 3.75. The van der Waals surface area contributed by atoms with Gasteiger partial charge in [-0.25, -0.2) is 4.90 Å². The molecule has 1 aliphatic rings. The first-order chi connectivity index (χ1) is 16.6. The maximum atomic E-state index is 13.7. The van der Waals surface area contributed by atoms with E-state index in [1.807, 2.05) is 26.0 Å². The van der Waals surface area contributed by atoms with Crippen molar-refractivity contribution in [1.82, 2.24) is 0 Å². The van der Waals surface area contributed by atoms with Crippen LogP contribution in [0.5, 0.6) is 17.2 Å². The number of nitrogens with zero attached hydrogens (tertiary/aromatic N) is 1. The van der Waals surface area contributed by atoms with Crippen molar-refractivity contribution in [3.8, 4) is 17.2 Å². The van der Waals surface area contributed by atoms with Gasteiger partial charge in [-0.3, -0.25) is 9.59 Å². The van der Waals surface area contributed by atoms with Crippen LogP contribution in [0.25, 0.3) is 5.57 Å². The van der Waals surface area contributed by atoms with Gasteiger partial charge in [0, 0.05) is 5.69 Å². The Hall–Kier alpha value is -4.26. The molecule has 7 heteroatoms. The van der Waals surface area contributed by atoms with Gasteiger partial charge in [-0.2, -0.15) is 0 Å². The van der Waals surface area contributed by atoms with Crippen molar-refractivity contribution < 1.29 is 23.8 Å². The van der Waals surface area contributed by atoms with Gasteiger partial charge in [-0.15, -0.1) is 0 Å². The molecule has 3 aromatic carbocycles. The van der Waals surface area contributed by atoms with Crippen LogP contribution in [0.15, 0.2) is 78.5 Å². The topological polar surface area (TPSA) is 77.1 Å². The first-order valence-corrected chi connectivity index (χ1v) is 11.1. The maximum absolute atomic E-state index is 13.7. The second-order valence-electron chi connectivity index (χ2n) is 7.41. The molecule has 0 unspecified atom stereocenters. The minimum Gasteiger partial charge on any atom is -0.497 e. The predicted molar refractivity (Wildman–Crippen MR) is 131 cm³/mol. The second kappa shape index (κ2) is 10.1. The average molecular weight is 459 g/mol. The summed E-state index contributed by atoms with van der Waals surface area (Å²) in [6, 6.07) is 21.3. The maximum Gasteiger partial charge on any atom is 0.282 e. The standard InChI is InChI=1S/C27H26N2O5/c1-4-33-21-16-12-19(13-17-21)28-25-24(18-10-14-20(32-3)15-11-18)26(30)29(27(25)31)22-8-6-7-9-23(22)34-5-2/h6-17,28H,4-5H2,1-3H3. The van der Waals surface area contributed by atoms with Crippen LogP contribution >= 0.6 is 0 Å². The van der Waals surface area contributed by atoms with Crippen LogP contribution in [-0.2, 0) is 9.59 Å². The number of nitrogens with one attached hydrogen (secondary N) is 1. The van der Waals surface area contributed by atoms with Gasteiger partial charge < -0.3 is 19.5 Å². The third kappa shape index (κ3) is 4.45. The number of carbonyl (C=O) groups excluding carboxylic acids is 2. The van der Waals surface area contributed by atoms with E-state index in [0.29, 0.717) is 41.7 Å². The highest BCUT2D eigenvalue weighted by Gasteiger charge is 2.41. The molecule has 1 N–H and O–H groups in total. The summed E-state index contributed by atoms with van der Waals surface area (Å²) in [4.78, 5) is 28.5. The van der Waals surface area contributed by atoms with Crippen molar-refractivity contribution in [2.45, 2.75) is 13.8 Å². The van der Waals surface area contributed by atoms with Gasteiger partial charge in [0.05, 0.1) is 31.6 Å². The summed E-state index contributed by atoms with van der Waals surface area (Å²) in [5.74, 6) is 0.940. The van der Waals surface area contributed by atoms with E-state index in [9.17, 15) is 9.59 Å². The lowest BCUT2D eigenvalue weighted by Gasteiger charge is -2.19. The molecule has 0 spiro atoms. The predicted octanol–water partition coefficient (Wildman–Crippen LogP) is 4.89. The number of hydrogen-bond acceptors (Lipinski definition) is 6. The zero-order valence-electron chi connectivity index (χ0n) is 19.3. The minimum absolute atomic E-state index is 0.186. The molecule has 34 heavy (non-hydrogen) atoms. The molecule has 1 aliphatic heterocycles. The molecule has 0 fully saturated rings. The summed E-state index contributed by atoms with van der Waals surface area (Å²) in [5, 5.41) is 3.16. The van der Waals surface area contributed by atoms with E-state index in [0.717, 1.165) is 10.6 Å². The Morgan fingerprint density at radius 1 is 0.765 bits per heavy atom. The fraction of sp³-hybridized carbons (Fsp3) is 0.185. The van der Waals surface area contributed by atoms with Crippen LogP contribution in [0.2, 0.25) is 0 Å². The molecule has 174 valence electrons. The van der Waals surface area contributed by atoms with Crippen molar-refractivity contribution in [1.29, 1.82) is 0 Å². The highest BCUT2D eigenvalue weighted by Crippen LogP contribution is 2.38. The number of benzene rings is 3. The van der Waals surface area contributed by atoms with E-state index >= 15 is 0 Å². The second-order valence-corrected chi connectivity index (χ2v) is 7.41. The molecule has 0 saturated heterocycles. The Morgan fingerprint density at radius 3 is 2.06 bits per heavy atom. The number of hydrogen-bond donors (Lipinski definition) is 1. The van der Waals surface area contributed by atoms with E-state index in [1.165, 1.54) is 0 Å². The zero-order chi connectivity index (χ0) is 24.1. The van der Waals surface area contributed by atoms with Crippen molar-refractivity contribution in [3.63, 3.8) is 0 Å². The van der Waals surface area contributed by atoms with Crippen LogP contribution in [0.4, 0.5) is 11.4 Å². The Balaban J connectivity index is 1.77. The zero-order valence-corrected chi connectivity index (χ0v) is 19.3. The molecule has 1 heterocycles. The van der Waals surface area contributed by atoms with E-state index in [4.69, 9.17) is 14.2 Å². The molecule has 0 saturated carbocycles. The summed E-state index contributed by atoms with van der Waals surface area (Å²) in [7, 11) is 1.57. The van der Waals surface area contributed by atoms with Crippen LogP contribution in [0, 0.1) is 0 Å². The van der Waals surface area contributed by atoms with Crippen LogP contribution in [-0.4, -0.2) is 32.1 Å². The molecular weight excluding hydrogens is 432 g/mol. The Bertz CT molecular complexity index is 1220. The molecule has 0 aromatic heterocycles. The van der Waals surface area contributed by atoms with Gasteiger partial charge in [-0.05, 0) is 67.9 Å². The molecule has 0 radical (unpaired) electrons. The Labute approximate surface area is 198 Å². The monoisotopic (exact) mass is 458 g/mol. The number of carbonyl (C=O) groups is 2. The van der Waals surface area contributed by atoms with Crippen LogP contribution < -0.4 is 24.4 Å². The van der Waals surface area contributed by atoms with Crippen LogP contribution in [0.1, 0.15) is 19.4 Å². The van der Waals surface area contributed by atoms with Crippen molar-refractivity contribution in [2.75, 3.05) is 30.5 Å². The van der Waals surface area contributed by atoms with E-state index in [-0.39, 0.29) is 11.3 Å². The van der Waals surface area contributed by atoms with Crippen molar-refractivity contribution in [2.24, 2.45) is 0 Å². The van der Waals surface area contributed by atoms with Gasteiger partial charge in [0.15, 0.2) is 0 Å². The molecule has 0 aliphatic carbocycles. The van der Waals surface area contributed by atoms with Gasteiger partial charge in [0.1, 0.15) is 22.9 Å². The number of rotatable bonds is 9. The number of ether oxygens (including phenoxy) is 3.